The molecule has 3 N–H and O–H groups in total. The number of aliphatic hydroxyl groups excluding tert-OH is 1. The highest BCUT2D eigenvalue weighted by molar-refractivity contribution is 7.91. The monoisotopic (exact) mass is 440 g/mol. The average molecular weight is 440 g/mol. The fourth-order valence-electron chi connectivity index (χ4n) is 3.07. The predicted molar refractivity (Wildman–Crippen MR) is 109 cm³/mol. The van der Waals surface area contributed by atoms with Crippen molar-refractivity contribution in [3.8, 4) is 0 Å². The van der Waals surface area contributed by atoms with Crippen LogP contribution in [-0.4, -0.2) is 34.6 Å². The molecule has 31 heavy (non-hydrogen) atoms. The summed E-state index contributed by atoms with van der Waals surface area (Å²) >= 11 is 0. The summed E-state index contributed by atoms with van der Waals surface area (Å²) in [6, 6.07) is 10.8. The van der Waals surface area contributed by atoms with Crippen LogP contribution in [0.3, 0.4) is 0 Å². The molecule has 0 aliphatic carbocycles. The zero-order chi connectivity index (χ0) is 22.0. The van der Waals surface area contributed by atoms with Crippen LogP contribution in [0.15, 0.2) is 70.7 Å². The number of H-pyrrole nitrogens is 1. The third-order valence-electron chi connectivity index (χ3n) is 4.73. The van der Waals surface area contributed by atoms with E-state index in [4.69, 9.17) is 0 Å². The van der Waals surface area contributed by atoms with E-state index in [1.807, 2.05) is 0 Å². The first-order chi connectivity index (χ1) is 14.9. The second kappa shape index (κ2) is 8.25. The molecule has 0 saturated heterocycles. The van der Waals surface area contributed by atoms with Crippen LogP contribution in [-0.2, 0) is 23.0 Å². The second-order valence-electron chi connectivity index (χ2n) is 6.77. The second-order valence-corrected chi connectivity index (χ2v) is 8.69. The normalized spacial score (nSPS) is 11.5. The lowest BCUT2D eigenvalue weighted by Gasteiger charge is -2.10. The van der Waals surface area contributed by atoms with E-state index in [2.05, 4.69) is 20.5 Å². The van der Waals surface area contributed by atoms with Crippen molar-refractivity contribution in [2.24, 2.45) is 0 Å². The molecule has 4 aromatic rings. The average Bonchev–Trinajstić information content (AvgIpc) is 3.25. The number of carbonyl (C=O) groups excluding carboxylic acids is 1. The number of nitrogens with one attached hydrogen (secondary N) is 2. The Kier molecular flexibility index (Phi) is 5.49. The number of aromatic nitrogens is 3. The molecule has 0 bridgehead atoms. The standard InChI is InChI=1S/C21H17FN4O4S/c22-17-4-3-14(12-27)19(8-17)31(29,30)18-5-1-13(2-6-18)9-24-21(28)16-7-15-11-25-26-20(15)23-10-16/h1-8,10-11,27H,9,12H2,(H,24,28)(H,23,25,26). The zero-order valence-corrected chi connectivity index (χ0v) is 16.9. The van der Waals surface area contributed by atoms with Crippen LogP contribution < -0.4 is 5.32 Å². The summed E-state index contributed by atoms with van der Waals surface area (Å²) in [6.07, 6.45) is 3.00. The summed E-state index contributed by atoms with van der Waals surface area (Å²) in [5.74, 6) is -1.04. The van der Waals surface area contributed by atoms with E-state index in [0.717, 1.165) is 12.1 Å². The number of nitrogens with zero attached hydrogens (tertiary/aromatic N) is 2. The number of halogens is 1. The minimum absolute atomic E-state index is 0.0440. The highest BCUT2D eigenvalue weighted by Crippen LogP contribution is 2.25. The predicted octanol–water partition coefficient (Wildman–Crippen LogP) is 2.35. The van der Waals surface area contributed by atoms with E-state index in [1.165, 1.54) is 24.4 Å². The molecule has 2 aromatic carbocycles. The Labute approximate surface area is 176 Å². The molecule has 0 aliphatic rings. The number of aliphatic hydroxyl groups is 1. The van der Waals surface area contributed by atoms with Gasteiger partial charge in [0.15, 0.2) is 5.65 Å². The number of aromatic amines is 1. The quantitative estimate of drug-likeness (QED) is 0.423. The Morgan fingerprint density at radius 3 is 2.61 bits per heavy atom. The van der Waals surface area contributed by atoms with E-state index in [0.29, 0.717) is 22.2 Å². The molecule has 0 radical (unpaired) electrons. The molecule has 2 aromatic heterocycles. The van der Waals surface area contributed by atoms with Gasteiger partial charge in [-0.3, -0.25) is 9.89 Å². The van der Waals surface area contributed by atoms with Gasteiger partial charge in [-0.15, -0.1) is 0 Å². The molecule has 0 saturated carbocycles. The molecule has 10 heteroatoms. The Balaban J connectivity index is 1.49. The lowest BCUT2D eigenvalue weighted by Crippen LogP contribution is -2.22. The fourth-order valence-corrected chi connectivity index (χ4v) is 4.56. The number of hydrogen-bond donors (Lipinski definition) is 3. The van der Waals surface area contributed by atoms with Gasteiger partial charge in [-0.2, -0.15) is 5.10 Å². The maximum Gasteiger partial charge on any atom is 0.253 e. The Morgan fingerprint density at radius 2 is 1.87 bits per heavy atom. The zero-order valence-electron chi connectivity index (χ0n) is 16.0. The van der Waals surface area contributed by atoms with Gasteiger partial charge in [0, 0.05) is 18.1 Å². The lowest BCUT2D eigenvalue weighted by molar-refractivity contribution is 0.0950. The van der Waals surface area contributed by atoms with Gasteiger partial charge in [0.1, 0.15) is 5.82 Å². The van der Waals surface area contributed by atoms with Gasteiger partial charge in [-0.25, -0.2) is 17.8 Å². The number of amides is 1. The third kappa shape index (κ3) is 4.16. The van der Waals surface area contributed by atoms with Gasteiger partial charge in [0.2, 0.25) is 9.84 Å². The summed E-state index contributed by atoms with van der Waals surface area (Å²) in [5.41, 5.74) is 1.74. The summed E-state index contributed by atoms with van der Waals surface area (Å²) in [6.45, 7) is -0.358. The molecular formula is C21H17FN4O4S. The van der Waals surface area contributed by atoms with Crippen LogP contribution in [0.4, 0.5) is 4.39 Å². The SMILES string of the molecule is O=C(NCc1ccc(S(=O)(=O)c2cc(F)ccc2CO)cc1)c1cnc2[nH]ncc2c1. The van der Waals surface area contributed by atoms with Gasteiger partial charge < -0.3 is 10.4 Å². The third-order valence-corrected chi connectivity index (χ3v) is 6.58. The van der Waals surface area contributed by atoms with Gasteiger partial charge in [-0.05, 0) is 41.5 Å². The van der Waals surface area contributed by atoms with Crippen molar-refractivity contribution in [1.82, 2.24) is 20.5 Å². The van der Waals surface area contributed by atoms with Crippen molar-refractivity contribution in [2.75, 3.05) is 0 Å². The van der Waals surface area contributed by atoms with E-state index in [-0.39, 0.29) is 27.8 Å². The summed E-state index contributed by atoms with van der Waals surface area (Å²) in [5, 5.41) is 19.4. The molecule has 0 unspecified atom stereocenters. The maximum atomic E-state index is 13.6. The van der Waals surface area contributed by atoms with Gasteiger partial charge >= 0.3 is 0 Å². The first kappa shape index (κ1) is 20.6. The molecule has 158 valence electrons. The van der Waals surface area contributed by atoms with Crippen molar-refractivity contribution in [3.05, 3.63) is 83.4 Å². The van der Waals surface area contributed by atoms with Crippen molar-refractivity contribution in [3.63, 3.8) is 0 Å². The summed E-state index contributed by atoms with van der Waals surface area (Å²) < 4.78 is 39.3. The minimum Gasteiger partial charge on any atom is -0.392 e. The van der Waals surface area contributed by atoms with Crippen LogP contribution in [0.5, 0.6) is 0 Å². The Hall–Kier alpha value is -3.63. The largest absolute Gasteiger partial charge is 0.392 e. The smallest absolute Gasteiger partial charge is 0.253 e. The molecule has 0 fully saturated rings. The van der Waals surface area contributed by atoms with E-state index in [1.54, 1.807) is 24.4 Å². The van der Waals surface area contributed by atoms with E-state index < -0.39 is 22.3 Å². The molecular weight excluding hydrogens is 423 g/mol. The van der Waals surface area contributed by atoms with Gasteiger partial charge in [0.25, 0.3) is 5.91 Å². The van der Waals surface area contributed by atoms with Crippen molar-refractivity contribution < 1.29 is 22.7 Å². The van der Waals surface area contributed by atoms with Crippen molar-refractivity contribution >= 4 is 26.8 Å². The van der Waals surface area contributed by atoms with E-state index >= 15 is 0 Å². The number of carbonyl (C=O) groups is 1. The molecule has 0 aliphatic heterocycles. The highest BCUT2D eigenvalue weighted by Gasteiger charge is 2.22. The van der Waals surface area contributed by atoms with Gasteiger partial charge in [0.05, 0.1) is 28.2 Å². The van der Waals surface area contributed by atoms with Gasteiger partial charge in [-0.1, -0.05) is 18.2 Å². The number of pyridine rings is 1. The molecule has 0 atom stereocenters. The molecule has 8 nitrogen and oxygen atoms in total. The van der Waals surface area contributed by atoms with Crippen LogP contribution >= 0.6 is 0 Å². The lowest BCUT2D eigenvalue weighted by atomic mass is 10.2. The maximum absolute atomic E-state index is 13.6. The van der Waals surface area contributed by atoms with Crippen molar-refractivity contribution in [1.29, 1.82) is 0 Å². The number of rotatable bonds is 6. The summed E-state index contributed by atoms with van der Waals surface area (Å²) in [7, 11) is -4.02. The number of benzene rings is 2. The topological polar surface area (TPSA) is 125 Å². The van der Waals surface area contributed by atoms with Crippen LogP contribution in [0.2, 0.25) is 0 Å². The minimum atomic E-state index is -4.02. The Morgan fingerprint density at radius 1 is 1.10 bits per heavy atom. The van der Waals surface area contributed by atoms with Crippen LogP contribution in [0.25, 0.3) is 11.0 Å². The molecule has 0 spiro atoms. The number of sulfone groups is 1. The van der Waals surface area contributed by atoms with Crippen molar-refractivity contribution in [2.45, 2.75) is 22.9 Å². The van der Waals surface area contributed by atoms with Crippen LogP contribution in [0.1, 0.15) is 21.5 Å². The Bertz CT molecular complexity index is 1370. The highest BCUT2D eigenvalue weighted by atomic mass is 32.2. The molecule has 1 amide bonds. The first-order valence-corrected chi connectivity index (χ1v) is 10.7. The number of hydrogen-bond acceptors (Lipinski definition) is 6. The summed E-state index contributed by atoms with van der Waals surface area (Å²) in [4.78, 5) is 16.2. The first-order valence-electron chi connectivity index (χ1n) is 9.19. The molecule has 2 heterocycles. The molecule has 4 rings (SSSR count). The number of fused-ring (bicyclic) bond motifs is 1. The fraction of sp³-hybridized carbons (Fsp3) is 0.0952. The van der Waals surface area contributed by atoms with Crippen LogP contribution in [0, 0.1) is 5.82 Å². The van der Waals surface area contributed by atoms with E-state index in [9.17, 15) is 22.7 Å².